The molecule has 0 aliphatic carbocycles. The number of nitrogens with one attached hydrogen (secondary N) is 1. The van der Waals surface area contributed by atoms with E-state index in [0.29, 0.717) is 11.4 Å². The van der Waals surface area contributed by atoms with Crippen LogP contribution in [0.4, 0.5) is 0 Å². The molecule has 8 heteroatoms. The van der Waals surface area contributed by atoms with E-state index in [2.05, 4.69) is 10.4 Å². The van der Waals surface area contributed by atoms with Crippen LogP contribution in [-0.4, -0.2) is 20.3 Å². The lowest BCUT2D eigenvalue weighted by Gasteiger charge is -2.13. The van der Waals surface area contributed by atoms with Crippen LogP contribution < -0.4 is 16.6 Å². The number of rotatable bonds is 6. The summed E-state index contributed by atoms with van der Waals surface area (Å²) in [6, 6.07) is 16.5. The number of amides is 1. The van der Waals surface area contributed by atoms with E-state index >= 15 is 0 Å². The summed E-state index contributed by atoms with van der Waals surface area (Å²) in [6.45, 7) is 5.85. The Balaban J connectivity index is 1.83. The fourth-order valence-electron chi connectivity index (χ4n) is 3.70. The van der Waals surface area contributed by atoms with Crippen LogP contribution in [0.2, 0.25) is 0 Å². The van der Waals surface area contributed by atoms with Crippen molar-refractivity contribution in [3.8, 4) is 5.69 Å². The molecule has 0 bridgehead atoms. The molecule has 4 rings (SSSR count). The zero-order valence-corrected chi connectivity index (χ0v) is 18.7. The van der Waals surface area contributed by atoms with Crippen molar-refractivity contribution in [2.45, 2.75) is 33.9 Å². The van der Waals surface area contributed by atoms with Gasteiger partial charge in [0.1, 0.15) is 5.76 Å². The summed E-state index contributed by atoms with van der Waals surface area (Å²) in [5.41, 5.74) is 2.38. The number of benzene rings is 2. The third kappa shape index (κ3) is 4.85. The van der Waals surface area contributed by atoms with Crippen molar-refractivity contribution in [1.82, 2.24) is 19.7 Å². The first-order valence-corrected chi connectivity index (χ1v) is 10.5. The van der Waals surface area contributed by atoms with Crippen molar-refractivity contribution >= 4 is 5.91 Å². The van der Waals surface area contributed by atoms with Crippen molar-refractivity contribution in [3.05, 3.63) is 115 Å². The minimum Gasteiger partial charge on any atom is -0.467 e. The van der Waals surface area contributed by atoms with Crippen LogP contribution in [0.25, 0.3) is 5.69 Å². The van der Waals surface area contributed by atoms with Crippen molar-refractivity contribution < 1.29 is 9.21 Å². The molecule has 1 amide bonds. The van der Waals surface area contributed by atoms with Gasteiger partial charge in [-0.2, -0.15) is 9.78 Å². The Bertz CT molecular complexity index is 1410. The largest absolute Gasteiger partial charge is 0.467 e. The average Bonchev–Trinajstić information content (AvgIpc) is 3.28. The molecule has 2 aromatic heterocycles. The zero-order valence-electron chi connectivity index (χ0n) is 18.7. The molecule has 2 aromatic carbocycles. The lowest BCUT2D eigenvalue weighted by atomic mass is 10.1. The quantitative estimate of drug-likeness (QED) is 0.493. The van der Waals surface area contributed by atoms with Gasteiger partial charge in [-0.1, -0.05) is 35.9 Å². The Hall–Kier alpha value is -4.20. The maximum Gasteiger partial charge on any atom is 0.352 e. The van der Waals surface area contributed by atoms with E-state index in [0.717, 1.165) is 31.5 Å². The number of carbonyl (C=O) groups excluding carboxylic acids is 1. The molecule has 0 radical (unpaired) electrons. The number of hydrogen-bond acceptors (Lipinski definition) is 5. The fraction of sp³-hybridized carbons (Fsp3) is 0.200. The predicted molar refractivity (Wildman–Crippen MR) is 124 cm³/mol. The zero-order chi connectivity index (χ0) is 23.5. The van der Waals surface area contributed by atoms with Crippen LogP contribution in [0.5, 0.6) is 0 Å². The van der Waals surface area contributed by atoms with E-state index < -0.39 is 17.2 Å². The van der Waals surface area contributed by atoms with Crippen LogP contribution in [0.3, 0.4) is 0 Å². The van der Waals surface area contributed by atoms with E-state index in [-0.39, 0.29) is 18.8 Å². The number of furan rings is 1. The molecule has 0 unspecified atom stereocenters. The number of nitrogens with zero attached hydrogens (tertiary/aromatic N) is 3. The van der Waals surface area contributed by atoms with Crippen LogP contribution in [0, 0.1) is 20.8 Å². The Labute approximate surface area is 190 Å². The van der Waals surface area contributed by atoms with Gasteiger partial charge in [0.15, 0.2) is 0 Å². The van der Waals surface area contributed by atoms with Gasteiger partial charge >= 0.3 is 5.69 Å². The minimum absolute atomic E-state index is 0.0190. The minimum atomic E-state index is -0.751. The molecule has 2 heterocycles. The highest BCUT2D eigenvalue weighted by molar-refractivity contribution is 5.91. The van der Waals surface area contributed by atoms with E-state index in [9.17, 15) is 14.4 Å². The van der Waals surface area contributed by atoms with Gasteiger partial charge in [0.2, 0.25) is 5.69 Å². The summed E-state index contributed by atoms with van der Waals surface area (Å²) >= 11 is 0. The van der Waals surface area contributed by atoms with Crippen LogP contribution >= 0.6 is 0 Å². The molecule has 0 saturated heterocycles. The highest BCUT2D eigenvalue weighted by Crippen LogP contribution is 2.11. The molecule has 0 saturated carbocycles. The Morgan fingerprint density at radius 3 is 2.39 bits per heavy atom. The van der Waals surface area contributed by atoms with E-state index in [1.165, 1.54) is 6.26 Å². The summed E-state index contributed by atoms with van der Waals surface area (Å²) in [5, 5.41) is 6.81. The van der Waals surface area contributed by atoms with Gasteiger partial charge in [0.05, 0.1) is 25.0 Å². The van der Waals surface area contributed by atoms with Gasteiger partial charge in [-0.05, 0) is 61.7 Å². The van der Waals surface area contributed by atoms with Gasteiger partial charge in [-0.3, -0.25) is 14.2 Å². The topological polar surface area (TPSA) is 99.1 Å². The first-order valence-electron chi connectivity index (χ1n) is 10.5. The molecule has 0 spiro atoms. The molecular formula is C25H24N4O4. The molecule has 0 aliphatic rings. The third-order valence-electron chi connectivity index (χ3n) is 5.15. The van der Waals surface area contributed by atoms with Gasteiger partial charge < -0.3 is 9.73 Å². The number of carbonyl (C=O) groups is 1. The Kier molecular flexibility index (Phi) is 6.08. The summed E-state index contributed by atoms with van der Waals surface area (Å²) in [5.74, 6) is -0.154. The highest BCUT2D eigenvalue weighted by atomic mass is 16.3. The van der Waals surface area contributed by atoms with E-state index in [1.807, 2.05) is 51.1 Å². The van der Waals surface area contributed by atoms with Gasteiger partial charge in [0.25, 0.3) is 11.5 Å². The number of hydrogen-bond donors (Lipinski definition) is 1. The third-order valence-corrected chi connectivity index (χ3v) is 5.15. The molecule has 4 aromatic rings. The molecule has 1 N–H and O–H groups in total. The normalized spacial score (nSPS) is 10.9. The summed E-state index contributed by atoms with van der Waals surface area (Å²) in [4.78, 5) is 39.4. The van der Waals surface area contributed by atoms with Gasteiger partial charge in [-0.15, -0.1) is 0 Å². The first kappa shape index (κ1) is 22.0. The Morgan fingerprint density at radius 2 is 1.73 bits per heavy atom. The summed E-state index contributed by atoms with van der Waals surface area (Å²) in [6.07, 6.45) is 1.49. The summed E-state index contributed by atoms with van der Waals surface area (Å²) in [7, 11) is 0. The molecule has 33 heavy (non-hydrogen) atoms. The second-order valence-electron chi connectivity index (χ2n) is 8.03. The predicted octanol–water partition coefficient (Wildman–Crippen LogP) is 2.89. The molecular weight excluding hydrogens is 420 g/mol. The molecule has 0 aliphatic heterocycles. The van der Waals surface area contributed by atoms with Crippen LogP contribution in [0.15, 0.2) is 74.9 Å². The second kappa shape index (κ2) is 9.12. The van der Waals surface area contributed by atoms with E-state index in [4.69, 9.17) is 4.42 Å². The van der Waals surface area contributed by atoms with Crippen molar-refractivity contribution in [3.63, 3.8) is 0 Å². The maximum atomic E-state index is 13.3. The standard InChI is InChI=1S/C25H24N4O4/c1-16-6-4-7-19(11-16)15-28-24(31)22(23(30)26-14-21-8-5-9-33-21)27-29(25(28)32)20-12-17(2)10-18(3)13-20/h4-13H,14-15H2,1-3H3,(H,26,30). The van der Waals surface area contributed by atoms with Gasteiger partial charge in [0, 0.05) is 0 Å². The second-order valence-corrected chi connectivity index (χ2v) is 8.03. The van der Waals surface area contributed by atoms with Crippen molar-refractivity contribution in [2.75, 3.05) is 0 Å². The van der Waals surface area contributed by atoms with Gasteiger partial charge in [-0.25, -0.2) is 4.79 Å². The fourth-order valence-corrected chi connectivity index (χ4v) is 3.70. The molecule has 8 nitrogen and oxygen atoms in total. The first-order chi connectivity index (χ1) is 15.8. The molecule has 168 valence electrons. The number of aromatic nitrogens is 3. The van der Waals surface area contributed by atoms with E-state index in [1.54, 1.807) is 24.3 Å². The van der Waals surface area contributed by atoms with Crippen molar-refractivity contribution in [1.29, 1.82) is 0 Å². The lowest BCUT2D eigenvalue weighted by molar-refractivity contribution is 0.0938. The van der Waals surface area contributed by atoms with Crippen molar-refractivity contribution in [2.24, 2.45) is 0 Å². The molecule has 0 fully saturated rings. The smallest absolute Gasteiger partial charge is 0.352 e. The maximum absolute atomic E-state index is 13.3. The SMILES string of the molecule is Cc1cccc(Cn2c(=O)c(C(=O)NCc3ccco3)nn(-c3cc(C)cc(C)c3)c2=O)c1. The average molecular weight is 444 g/mol. The Morgan fingerprint density at radius 1 is 0.970 bits per heavy atom. The van der Waals surface area contributed by atoms with Crippen LogP contribution in [0.1, 0.15) is 38.5 Å². The highest BCUT2D eigenvalue weighted by Gasteiger charge is 2.21. The molecule has 0 atom stereocenters. The monoisotopic (exact) mass is 444 g/mol. The summed E-state index contributed by atoms with van der Waals surface area (Å²) < 4.78 is 7.38. The number of aryl methyl sites for hydroxylation is 3. The lowest BCUT2D eigenvalue weighted by Crippen LogP contribution is -2.46. The van der Waals surface area contributed by atoms with Crippen LogP contribution in [-0.2, 0) is 13.1 Å².